The average Bonchev–Trinajstić information content (AvgIpc) is 2.73. The van der Waals surface area contributed by atoms with E-state index < -0.39 is 0 Å². The Morgan fingerprint density at radius 2 is 1.77 bits per heavy atom. The van der Waals surface area contributed by atoms with E-state index in [2.05, 4.69) is 28.2 Å². The second-order valence-electron chi connectivity index (χ2n) is 7.49. The van der Waals surface area contributed by atoms with Crippen LogP contribution in [0.25, 0.3) is 0 Å². The molecule has 0 aromatic heterocycles. The Bertz CT molecular complexity index is 835. The number of carbonyl (C=O) groups excluding carboxylic acids is 2. The van der Waals surface area contributed by atoms with Crippen molar-refractivity contribution in [3.8, 4) is 5.75 Å². The van der Waals surface area contributed by atoms with Gasteiger partial charge in [0.05, 0.1) is 11.1 Å². The topological polar surface area (TPSA) is 58.6 Å². The molecular weight excluding hydrogens is 444 g/mol. The summed E-state index contributed by atoms with van der Waals surface area (Å²) in [6.07, 6.45) is 5.77. The maximum Gasteiger partial charge on any atom is 0.255 e. The third-order valence-corrected chi connectivity index (χ3v) is 5.41. The highest BCUT2D eigenvalue weighted by atomic mass is 79.9. The first-order chi connectivity index (χ1) is 14.4. The van der Waals surface area contributed by atoms with Crippen LogP contribution in [-0.4, -0.2) is 37.4 Å². The van der Waals surface area contributed by atoms with E-state index in [-0.39, 0.29) is 11.8 Å². The molecule has 0 aliphatic rings. The molecule has 0 radical (unpaired) electrons. The second kappa shape index (κ2) is 12.4. The summed E-state index contributed by atoms with van der Waals surface area (Å²) in [6, 6.07) is 12.9. The van der Waals surface area contributed by atoms with Crippen LogP contribution in [0, 0.1) is 0 Å². The summed E-state index contributed by atoms with van der Waals surface area (Å²) in [4.78, 5) is 25.8. The van der Waals surface area contributed by atoms with Gasteiger partial charge in [0.15, 0.2) is 0 Å². The van der Waals surface area contributed by atoms with Crippen molar-refractivity contribution in [3.05, 3.63) is 58.1 Å². The number of rotatable bonds is 11. The highest BCUT2D eigenvalue weighted by Crippen LogP contribution is 2.27. The molecule has 1 N–H and O–H groups in total. The number of anilines is 1. The molecule has 0 atom stereocenters. The summed E-state index contributed by atoms with van der Waals surface area (Å²) < 4.78 is 6.57. The minimum absolute atomic E-state index is 0.103. The molecule has 0 spiro atoms. The van der Waals surface area contributed by atoms with Gasteiger partial charge in [0.25, 0.3) is 5.91 Å². The van der Waals surface area contributed by atoms with Gasteiger partial charge in [0.2, 0.25) is 5.91 Å². The number of hydrogen-bond donors (Lipinski definition) is 1. The van der Waals surface area contributed by atoms with Gasteiger partial charge in [-0.25, -0.2) is 0 Å². The predicted molar refractivity (Wildman–Crippen MR) is 125 cm³/mol. The van der Waals surface area contributed by atoms with Crippen molar-refractivity contribution in [2.45, 2.75) is 45.4 Å². The number of nitrogens with zero attached hydrogens (tertiary/aromatic N) is 1. The van der Waals surface area contributed by atoms with Crippen molar-refractivity contribution in [2.75, 3.05) is 26.0 Å². The van der Waals surface area contributed by atoms with E-state index in [4.69, 9.17) is 4.74 Å². The van der Waals surface area contributed by atoms with Crippen molar-refractivity contribution in [2.24, 2.45) is 0 Å². The van der Waals surface area contributed by atoms with E-state index in [1.54, 1.807) is 31.1 Å². The molecule has 2 amide bonds. The molecule has 6 heteroatoms. The van der Waals surface area contributed by atoms with Crippen LogP contribution < -0.4 is 10.1 Å². The van der Waals surface area contributed by atoms with E-state index >= 15 is 0 Å². The lowest BCUT2D eigenvalue weighted by Gasteiger charge is -2.11. The first-order valence-corrected chi connectivity index (χ1v) is 11.2. The Hall–Kier alpha value is -2.34. The Balaban J connectivity index is 1.88. The minimum atomic E-state index is -0.180. The van der Waals surface area contributed by atoms with Crippen LogP contribution in [0.3, 0.4) is 0 Å². The van der Waals surface area contributed by atoms with Gasteiger partial charge < -0.3 is 15.0 Å². The molecule has 2 aromatic rings. The molecule has 0 saturated heterocycles. The first kappa shape index (κ1) is 23.9. The molecule has 0 heterocycles. The van der Waals surface area contributed by atoms with Crippen molar-refractivity contribution in [1.82, 2.24) is 4.90 Å². The standard InChI is InChI=1S/C24H31BrN2O3/c1-4-5-6-7-16-30-22-14-11-19(17-21(22)25)24(29)26-20-12-8-18(9-13-20)10-15-23(28)27(2)3/h8-9,11-14,17H,4-7,10,15-16H2,1-3H3,(H,26,29). The van der Waals surface area contributed by atoms with Crippen LogP contribution in [0.2, 0.25) is 0 Å². The van der Waals surface area contributed by atoms with Gasteiger partial charge in [-0.1, -0.05) is 38.3 Å². The molecule has 0 aliphatic heterocycles. The van der Waals surface area contributed by atoms with Gasteiger partial charge in [0, 0.05) is 31.8 Å². The van der Waals surface area contributed by atoms with Crippen molar-refractivity contribution >= 4 is 33.4 Å². The zero-order valence-corrected chi connectivity index (χ0v) is 19.6. The van der Waals surface area contributed by atoms with E-state index in [1.807, 2.05) is 30.3 Å². The molecule has 0 bridgehead atoms. The maximum atomic E-state index is 12.6. The molecule has 0 aliphatic carbocycles. The number of benzene rings is 2. The average molecular weight is 475 g/mol. The van der Waals surface area contributed by atoms with Crippen molar-refractivity contribution < 1.29 is 14.3 Å². The number of unbranched alkanes of at least 4 members (excludes halogenated alkanes) is 3. The summed E-state index contributed by atoms with van der Waals surface area (Å²) in [7, 11) is 3.51. The Morgan fingerprint density at radius 1 is 1.03 bits per heavy atom. The fourth-order valence-electron chi connectivity index (χ4n) is 2.90. The largest absolute Gasteiger partial charge is 0.492 e. The van der Waals surface area contributed by atoms with E-state index in [0.717, 1.165) is 27.9 Å². The Kier molecular flexibility index (Phi) is 9.87. The summed E-state index contributed by atoms with van der Waals surface area (Å²) in [5, 5.41) is 2.91. The number of aryl methyl sites for hydroxylation is 1. The summed E-state index contributed by atoms with van der Waals surface area (Å²) in [6.45, 7) is 2.86. The molecule has 2 rings (SSSR count). The van der Waals surface area contributed by atoms with Crippen LogP contribution in [-0.2, 0) is 11.2 Å². The maximum absolute atomic E-state index is 12.6. The fraction of sp³-hybridized carbons (Fsp3) is 0.417. The number of carbonyl (C=O) groups is 2. The molecule has 5 nitrogen and oxygen atoms in total. The van der Waals surface area contributed by atoms with E-state index in [1.165, 1.54) is 19.3 Å². The van der Waals surface area contributed by atoms with Crippen molar-refractivity contribution in [3.63, 3.8) is 0 Å². The van der Waals surface area contributed by atoms with Gasteiger partial charge in [-0.3, -0.25) is 9.59 Å². The second-order valence-corrected chi connectivity index (χ2v) is 8.35. The molecule has 0 fully saturated rings. The number of nitrogens with one attached hydrogen (secondary N) is 1. The molecule has 0 unspecified atom stereocenters. The van der Waals surface area contributed by atoms with Gasteiger partial charge in [0.1, 0.15) is 5.75 Å². The molecular formula is C24H31BrN2O3. The van der Waals surface area contributed by atoms with Crippen molar-refractivity contribution in [1.29, 1.82) is 0 Å². The molecule has 30 heavy (non-hydrogen) atoms. The van der Waals surface area contributed by atoms with Gasteiger partial charge in [-0.2, -0.15) is 0 Å². The summed E-state index contributed by atoms with van der Waals surface area (Å²) in [5.41, 5.74) is 2.34. The zero-order chi connectivity index (χ0) is 21.9. The molecule has 0 saturated carbocycles. The minimum Gasteiger partial charge on any atom is -0.492 e. The molecule has 162 valence electrons. The lowest BCUT2D eigenvalue weighted by Crippen LogP contribution is -2.21. The fourth-order valence-corrected chi connectivity index (χ4v) is 3.40. The lowest BCUT2D eigenvalue weighted by atomic mass is 10.1. The quantitative estimate of drug-likeness (QED) is 0.426. The number of halogens is 1. The van der Waals surface area contributed by atoms with E-state index in [9.17, 15) is 9.59 Å². The zero-order valence-electron chi connectivity index (χ0n) is 18.0. The predicted octanol–water partition coefficient (Wildman–Crippen LogP) is 5.68. The van der Waals surface area contributed by atoms with Gasteiger partial charge >= 0.3 is 0 Å². The number of ether oxygens (including phenoxy) is 1. The monoisotopic (exact) mass is 474 g/mol. The highest BCUT2D eigenvalue weighted by molar-refractivity contribution is 9.10. The van der Waals surface area contributed by atoms with Gasteiger partial charge in [-0.05, 0) is 64.7 Å². The van der Waals surface area contributed by atoms with Crippen LogP contribution in [0.1, 0.15) is 54.9 Å². The Labute approximate surface area is 187 Å². The third-order valence-electron chi connectivity index (χ3n) is 4.79. The third kappa shape index (κ3) is 7.82. The lowest BCUT2D eigenvalue weighted by molar-refractivity contribution is -0.128. The summed E-state index contributed by atoms with van der Waals surface area (Å²) >= 11 is 3.50. The summed E-state index contributed by atoms with van der Waals surface area (Å²) in [5.74, 6) is 0.673. The number of amides is 2. The Morgan fingerprint density at radius 3 is 2.40 bits per heavy atom. The smallest absolute Gasteiger partial charge is 0.255 e. The highest BCUT2D eigenvalue weighted by Gasteiger charge is 2.10. The van der Waals surface area contributed by atoms with Crippen LogP contribution in [0.4, 0.5) is 5.69 Å². The van der Waals surface area contributed by atoms with Crippen LogP contribution in [0.5, 0.6) is 5.75 Å². The molecule has 2 aromatic carbocycles. The van der Waals surface area contributed by atoms with E-state index in [0.29, 0.717) is 25.0 Å². The first-order valence-electron chi connectivity index (χ1n) is 10.4. The van der Waals surface area contributed by atoms with Crippen LogP contribution >= 0.6 is 15.9 Å². The number of hydrogen-bond acceptors (Lipinski definition) is 3. The van der Waals surface area contributed by atoms with Gasteiger partial charge in [-0.15, -0.1) is 0 Å². The normalized spacial score (nSPS) is 10.5. The van der Waals surface area contributed by atoms with Crippen LogP contribution in [0.15, 0.2) is 46.9 Å². The SMILES string of the molecule is CCCCCCOc1ccc(C(=O)Nc2ccc(CCC(=O)N(C)C)cc2)cc1Br.